The van der Waals surface area contributed by atoms with Gasteiger partial charge in [-0.15, -0.1) is 0 Å². The van der Waals surface area contributed by atoms with Crippen molar-refractivity contribution in [2.24, 2.45) is 0 Å². The van der Waals surface area contributed by atoms with Gasteiger partial charge < -0.3 is 14.5 Å². The van der Waals surface area contributed by atoms with E-state index in [4.69, 9.17) is 21.1 Å². The molecule has 1 aromatic carbocycles. The molecular formula is C12H11ClN2O3. The van der Waals surface area contributed by atoms with Gasteiger partial charge in [-0.2, -0.15) is 0 Å². The van der Waals surface area contributed by atoms with Gasteiger partial charge in [0, 0.05) is 0 Å². The Morgan fingerprint density at radius 1 is 1.33 bits per heavy atom. The van der Waals surface area contributed by atoms with E-state index in [0.717, 1.165) is 11.3 Å². The Labute approximate surface area is 108 Å². The molecule has 0 bridgehead atoms. The van der Waals surface area contributed by atoms with Gasteiger partial charge in [-0.05, 0) is 17.7 Å². The van der Waals surface area contributed by atoms with E-state index in [9.17, 15) is 4.79 Å². The van der Waals surface area contributed by atoms with Crippen LogP contribution in [0.1, 0.15) is 5.56 Å². The molecule has 0 unspecified atom stereocenters. The first-order chi connectivity index (χ1) is 8.70. The number of aromatic amines is 1. The predicted molar refractivity (Wildman–Crippen MR) is 67.2 cm³/mol. The number of methoxy groups -OCH3 is 1. The van der Waals surface area contributed by atoms with Gasteiger partial charge in [0.25, 0.3) is 5.56 Å². The van der Waals surface area contributed by atoms with E-state index in [-0.39, 0.29) is 17.5 Å². The molecule has 0 aliphatic heterocycles. The molecule has 94 valence electrons. The number of nitrogens with one attached hydrogen (secondary N) is 1. The summed E-state index contributed by atoms with van der Waals surface area (Å²) in [4.78, 5) is 17.4. The molecule has 0 fully saturated rings. The van der Waals surface area contributed by atoms with Gasteiger partial charge in [-0.25, -0.2) is 4.98 Å². The summed E-state index contributed by atoms with van der Waals surface area (Å²) in [5.74, 6) is 0.891. The topological polar surface area (TPSA) is 64.2 Å². The molecule has 0 saturated carbocycles. The fourth-order valence-corrected chi connectivity index (χ4v) is 1.50. The lowest BCUT2D eigenvalue weighted by molar-refractivity contribution is 0.293. The maximum Gasteiger partial charge on any atom is 0.273 e. The Balaban J connectivity index is 2.06. The average Bonchev–Trinajstić information content (AvgIpc) is 2.41. The van der Waals surface area contributed by atoms with Crippen LogP contribution in [0.4, 0.5) is 0 Å². The van der Waals surface area contributed by atoms with Crippen LogP contribution in [0.25, 0.3) is 0 Å². The van der Waals surface area contributed by atoms with Gasteiger partial charge in [-0.3, -0.25) is 4.79 Å². The Morgan fingerprint density at radius 3 is 2.72 bits per heavy atom. The zero-order valence-electron chi connectivity index (χ0n) is 9.64. The molecule has 0 spiro atoms. The largest absolute Gasteiger partial charge is 0.497 e. The van der Waals surface area contributed by atoms with Crippen molar-refractivity contribution in [2.75, 3.05) is 7.11 Å². The first kappa shape index (κ1) is 12.4. The minimum absolute atomic E-state index is 0.0500. The Bertz CT molecular complexity index is 581. The number of rotatable bonds is 4. The van der Waals surface area contributed by atoms with Crippen LogP contribution in [0.2, 0.25) is 5.02 Å². The van der Waals surface area contributed by atoms with Crippen LogP contribution in [0.3, 0.4) is 0 Å². The molecule has 0 atom stereocenters. The van der Waals surface area contributed by atoms with Crippen LogP contribution in [0.15, 0.2) is 35.4 Å². The van der Waals surface area contributed by atoms with Gasteiger partial charge in [0.15, 0.2) is 5.02 Å². The van der Waals surface area contributed by atoms with Crippen LogP contribution < -0.4 is 15.0 Å². The summed E-state index contributed by atoms with van der Waals surface area (Å²) in [7, 11) is 1.60. The Kier molecular flexibility index (Phi) is 3.84. The second-order valence-corrected chi connectivity index (χ2v) is 3.87. The summed E-state index contributed by atoms with van der Waals surface area (Å²) in [6.07, 6.45) is 1.25. The molecule has 6 heteroatoms. The Hall–Kier alpha value is -2.01. The molecule has 1 aromatic heterocycles. The third-order valence-corrected chi connectivity index (χ3v) is 2.63. The summed E-state index contributed by atoms with van der Waals surface area (Å²) >= 11 is 5.76. The summed E-state index contributed by atoms with van der Waals surface area (Å²) < 4.78 is 10.4. The van der Waals surface area contributed by atoms with Crippen molar-refractivity contribution in [3.63, 3.8) is 0 Å². The van der Waals surface area contributed by atoms with E-state index in [2.05, 4.69) is 9.97 Å². The standard InChI is InChI=1S/C12H11ClN2O3/c1-17-9-4-2-8(3-5-9)6-18-12-10(13)11(16)14-7-15-12/h2-5,7H,6H2,1H3,(H,14,15,16). The van der Waals surface area contributed by atoms with E-state index in [1.807, 2.05) is 24.3 Å². The van der Waals surface area contributed by atoms with Crippen molar-refractivity contribution in [1.82, 2.24) is 9.97 Å². The maximum absolute atomic E-state index is 11.2. The molecule has 5 nitrogen and oxygen atoms in total. The summed E-state index contributed by atoms with van der Waals surface area (Å²) in [6.45, 7) is 0.278. The average molecular weight is 267 g/mol. The zero-order valence-corrected chi connectivity index (χ0v) is 10.4. The number of H-pyrrole nitrogens is 1. The first-order valence-corrected chi connectivity index (χ1v) is 5.57. The fourth-order valence-electron chi connectivity index (χ4n) is 1.34. The number of halogens is 1. The lowest BCUT2D eigenvalue weighted by Gasteiger charge is -2.06. The highest BCUT2D eigenvalue weighted by atomic mass is 35.5. The second kappa shape index (κ2) is 5.55. The van der Waals surface area contributed by atoms with E-state index >= 15 is 0 Å². The molecule has 2 aromatic rings. The lowest BCUT2D eigenvalue weighted by Crippen LogP contribution is -2.09. The van der Waals surface area contributed by atoms with Crippen LogP contribution in [0.5, 0.6) is 11.6 Å². The highest BCUT2D eigenvalue weighted by molar-refractivity contribution is 6.31. The number of benzene rings is 1. The van der Waals surface area contributed by atoms with Crippen molar-refractivity contribution in [3.05, 3.63) is 51.5 Å². The fraction of sp³-hybridized carbons (Fsp3) is 0.167. The maximum atomic E-state index is 11.2. The second-order valence-electron chi connectivity index (χ2n) is 3.49. The molecule has 0 amide bonds. The van der Waals surface area contributed by atoms with Crippen molar-refractivity contribution in [3.8, 4) is 11.6 Å². The van der Waals surface area contributed by atoms with Gasteiger partial charge in [0.05, 0.1) is 13.4 Å². The van der Waals surface area contributed by atoms with E-state index in [0.29, 0.717) is 0 Å². The van der Waals surface area contributed by atoms with Crippen molar-refractivity contribution in [2.45, 2.75) is 6.61 Å². The summed E-state index contributed by atoms with van der Waals surface area (Å²) in [5, 5.41) is -0.0500. The lowest BCUT2D eigenvalue weighted by atomic mass is 10.2. The van der Waals surface area contributed by atoms with Crippen LogP contribution in [-0.4, -0.2) is 17.1 Å². The van der Waals surface area contributed by atoms with Crippen molar-refractivity contribution < 1.29 is 9.47 Å². The van der Waals surface area contributed by atoms with Gasteiger partial charge in [0.1, 0.15) is 12.4 Å². The normalized spacial score (nSPS) is 10.1. The molecule has 0 radical (unpaired) electrons. The molecule has 18 heavy (non-hydrogen) atoms. The molecular weight excluding hydrogens is 256 g/mol. The van der Waals surface area contributed by atoms with Crippen molar-refractivity contribution >= 4 is 11.6 Å². The highest BCUT2D eigenvalue weighted by Gasteiger charge is 2.07. The monoisotopic (exact) mass is 266 g/mol. The Morgan fingerprint density at radius 2 is 2.06 bits per heavy atom. The van der Waals surface area contributed by atoms with Gasteiger partial charge >= 0.3 is 0 Å². The first-order valence-electron chi connectivity index (χ1n) is 5.19. The highest BCUT2D eigenvalue weighted by Crippen LogP contribution is 2.17. The number of nitrogens with zero attached hydrogens (tertiary/aromatic N) is 1. The minimum Gasteiger partial charge on any atom is -0.497 e. The quantitative estimate of drug-likeness (QED) is 0.919. The zero-order chi connectivity index (χ0) is 13.0. The van der Waals surface area contributed by atoms with Crippen LogP contribution in [0, 0.1) is 0 Å². The number of hydrogen-bond acceptors (Lipinski definition) is 4. The summed E-state index contributed by atoms with van der Waals surface area (Å²) in [5.41, 5.74) is 0.505. The van der Waals surface area contributed by atoms with E-state index < -0.39 is 5.56 Å². The SMILES string of the molecule is COc1ccc(COc2nc[nH]c(=O)c2Cl)cc1. The van der Waals surface area contributed by atoms with Crippen molar-refractivity contribution in [1.29, 1.82) is 0 Å². The molecule has 0 saturated heterocycles. The number of aromatic nitrogens is 2. The molecule has 1 N–H and O–H groups in total. The number of hydrogen-bond donors (Lipinski definition) is 1. The molecule has 0 aliphatic carbocycles. The summed E-state index contributed by atoms with van der Waals surface area (Å²) in [6, 6.07) is 7.37. The van der Waals surface area contributed by atoms with E-state index in [1.54, 1.807) is 7.11 Å². The smallest absolute Gasteiger partial charge is 0.273 e. The van der Waals surface area contributed by atoms with Crippen LogP contribution in [-0.2, 0) is 6.61 Å². The van der Waals surface area contributed by atoms with Crippen LogP contribution >= 0.6 is 11.6 Å². The molecule has 0 aliphatic rings. The van der Waals surface area contributed by atoms with Gasteiger partial charge in [-0.1, -0.05) is 23.7 Å². The number of ether oxygens (including phenoxy) is 2. The molecule has 1 heterocycles. The molecule has 2 rings (SSSR count). The minimum atomic E-state index is -0.420. The van der Waals surface area contributed by atoms with E-state index in [1.165, 1.54) is 6.33 Å². The third-order valence-electron chi connectivity index (χ3n) is 2.30. The van der Waals surface area contributed by atoms with Gasteiger partial charge in [0.2, 0.25) is 5.88 Å². The third kappa shape index (κ3) is 2.81. The predicted octanol–water partition coefficient (Wildman–Crippen LogP) is 2.01.